The van der Waals surface area contributed by atoms with Crippen LogP contribution in [0.1, 0.15) is 24.5 Å². The summed E-state index contributed by atoms with van der Waals surface area (Å²) in [4.78, 5) is 21.8. The molecule has 0 fully saturated rings. The highest BCUT2D eigenvalue weighted by Crippen LogP contribution is 2.38. The molecule has 0 saturated carbocycles. The molecule has 2 N–H and O–H groups in total. The summed E-state index contributed by atoms with van der Waals surface area (Å²) in [6.07, 6.45) is 4.12. The van der Waals surface area contributed by atoms with Gasteiger partial charge in [0.15, 0.2) is 16.6 Å². The van der Waals surface area contributed by atoms with Crippen LogP contribution in [0, 0.1) is 5.92 Å². The fourth-order valence-electron chi connectivity index (χ4n) is 5.57. The minimum Gasteiger partial charge on any atom is -0.370 e. The zero-order valence-corrected chi connectivity index (χ0v) is 22.9. The summed E-state index contributed by atoms with van der Waals surface area (Å²) >= 11 is 12.4. The molecule has 4 aromatic heterocycles. The summed E-state index contributed by atoms with van der Waals surface area (Å²) in [5, 5.41) is 16.8. The lowest BCUT2D eigenvalue weighted by molar-refractivity contribution is 0.450. The van der Waals surface area contributed by atoms with Crippen LogP contribution < -0.4 is 10.9 Å². The van der Waals surface area contributed by atoms with Crippen molar-refractivity contribution in [2.45, 2.75) is 19.4 Å². The van der Waals surface area contributed by atoms with Gasteiger partial charge in [-0.25, -0.2) is 9.67 Å². The summed E-state index contributed by atoms with van der Waals surface area (Å²) in [6, 6.07) is 14.7. The van der Waals surface area contributed by atoms with Gasteiger partial charge in [0.2, 0.25) is 0 Å². The van der Waals surface area contributed by atoms with E-state index in [-0.39, 0.29) is 22.7 Å². The van der Waals surface area contributed by atoms with Crippen LogP contribution in [-0.4, -0.2) is 41.7 Å². The van der Waals surface area contributed by atoms with E-state index in [2.05, 4.69) is 32.7 Å². The van der Waals surface area contributed by atoms with Crippen molar-refractivity contribution in [2.75, 3.05) is 12.4 Å². The third-order valence-electron chi connectivity index (χ3n) is 7.37. The molecule has 0 aliphatic carbocycles. The maximum atomic E-state index is 13.6. The first-order valence-corrected chi connectivity index (χ1v) is 13.4. The van der Waals surface area contributed by atoms with Gasteiger partial charge in [-0.1, -0.05) is 46.6 Å². The second-order valence-corrected chi connectivity index (χ2v) is 10.7. The van der Waals surface area contributed by atoms with Crippen molar-refractivity contribution in [2.24, 2.45) is 5.92 Å². The van der Waals surface area contributed by atoms with Crippen LogP contribution in [0.3, 0.4) is 0 Å². The second-order valence-electron chi connectivity index (χ2n) is 9.89. The van der Waals surface area contributed by atoms with Crippen molar-refractivity contribution in [3.05, 3.63) is 93.0 Å². The molecule has 12 heteroatoms. The highest BCUT2D eigenvalue weighted by atomic mass is 35.5. The van der Waals surface area contributed by atoms with E-state index in [0.717, 1.165) is 45.0 Å². The Morgan fingerprint density at radius 1 is 1.10 bits per heavy atom. The number of nitrogens with one attached hydrogen (secondary N) is 2. The van der Waals surface area contributed by atoms with E-state index in [1.807, 2.05) is 41.0 Å². The molecular formula is C28H22Cl2N8O2. The molecule has 1 aliphatic rings. The lowest BCUT2D eigenvalue weighted by Gasteiger charge is -2.17. The molecule has 7 rings (SSSR count). The van der Waals surface area contributed by atoms with Crippen molar-refractivity contribution in [3.8, 4) is 28.1 Å². The Morgan fingerprint density at radius 3 is 2.77 bits per heavy atom. The van der Waals surface area contributed by atoms with Gasteiger partial charge in [-0.3, -0.25) is 4.79 Å². The monoisotopic (exact) mass is 572 g/mol. The smallest absolute Gasteiger partial charge is 0.252 e. The van der Waals surface area contributed by atoms with E-state index in [9.17, 15) is 4.79 Å². The molecule has 1 aliphatic heterocycles. The predicted octanol–water partition coefficient (Wildman–Crippen LogP) is 5.76. The van der Waals surface area contributed by atoms with Gasteiger partial charge in [0.25, 0.3) is 5.56 Å². The van der Waals surface area contributed by atoms with Crippen LogP contribution in [0.2, 0.25) is 10.2 Å². The van der Waals surface area contributed by atoms with Crippen molar-refractivity contribution < 1.29 is 4.52 Å². The highest BCUT2D eigenvalue weighted by molar-refractivity contribution is 6.31. The minimum atomic E-state index is -0.233. The Morgan fingerprint density at radius 2 is 1.98 bits per heavy atom. The van der Waals surface area contributed by atoms with Crippen molar-refractivity contribution >= 4 is 40.0 Å². The lowest BCUT2D eigenvalue weighted by Crippen LogP contribution is -2.25. The third kappa shape index (κ3) is 3.99. The number of halogens is 2. The molecule has 40 heavy (non-hydrogen) atoms. The van der Waals surface area contributed by atoms with Crippen molar-refractivity contribution in [3.63, 3.8) is 0 Å². The van der Waals surface area contributed by atoms with Gasteiger partial charge < -0.3 is 19.4 Å². The summed E-state index contributed by atoms with van der Waals surface area (Å²) in [7, 11) is 1.80. The number of imidazole rings is 1. The third-order valence-corrected chi connectivity index (χ3v) is 7.78. The lowest BCUT2D eigenvalue weighted by atomic mass is 10.0. The number of anilines is 1. The van der Waals surface area contributed by atoms with Crippen LogP contribution in [0.5, 0.6) is 0 Å². The molecule has 0 unspecified atom stereocenters. The molecule has 2 atom stereocenters. The first-order valence-electron chi connectivity index (χ1n) is 12.7. The molecule has 0 bridgehead atoms. The zero-order chi connectivity index (χ0) is 27.5. The number of aromatic amines is 1. The molecule has 5 heterocycles. The van der Waals surface area contributed by atoms with Gasteiger partial charge in [-0.15, -0.1) is 5.10 Å². The van der Waals surface area contributed by atoms with Gasteiger partial charge in [0, 0.05) is 35.0 Å². The highest BCUT2D eigenvalue weighted by Gasteiger charge is 2.34. The number of nitrogens with zero attached hydrogens (tertiary/aromatic N) is 6. The van der Waals surface area contributed by atoms with E-state index in [1.54, 1.807) is 36.3 Å². The molecule has 6 aromatic rings. The Balaban J connectivity index is 1.27. The Hall–Kier alpha value is -4.41. The van der Waals surface area contributed by atoms with E-state index in [1.165, 1.54) is 0 Å². The van der Waals surface area contributed by atoms with Crippen LogP contribution in [-0.2, 0) is 6.42 Å². The van der Waals surface area contributed by atoms with Gasteiger partial charge in [-0.05, 0) is 54.3 Å². The predicted molar refractivity (Wildman–Crippen MR) is 153 cm³/mol. The average molecular weight is 573 g/mol. The summed E-state index contributed by atoms with van der Waals surface area (Å²) in [6.45, 7) is 2.13. The number of hydrogen-bond acceptors (Lipinski definition) is 7. The normalized spacial score (nSPS) is 16.5. The van der Waals surface area contributed by atoms with Crippen LogP contribution in [0.4, 0.5) is 5.82 Å². The molecule has 200 valence electrons. The van der Waals surface area contributed by atoms with Gasteiger partial charge >= 0.3 is 0 Å². The number of hydrogen-bond donors (Lipinski definition) is 2. The first-order chi connectivity index (χ1) is 19.4. The Bertz CT molecular complexity index is 1970. The number of aromatic nitrogens is 7. The van der Waals surface area contributed by atoms with E-state index in [0.29, 0.717) is 22.8 Å². The Kier molecular flexibility index (Phi) is 5.76. The SMILES string of the molecule is CNc1noc2cc(-c3cnc([C@@H]4[C@@H](C)Cc5cc(-c6cc(Cl)ccc6-n6cc(Cl)nn6)cc(=O)n54)[nH]3)ccc12. The maximum Gasteiger partial charge on any atom is 0.252 e. The summed E-state index contributed by atoms with van der Waals surface area (Å²) in [5.41, 5.74) is 5.45. The summed E-state index contributed by atoms with van der Waals surface area (Å²) < 4.78 is 8.86. The Labute approximate surface area is 237 Å². The molecule has 10 nitrogen and oxygen atoms in total. The topological polar surface area (TPSA) is 119 Å². The number of benzene rings is 2. The first kappa shape index (κ1) is 24.6. The van der Waals surface area contributed by atoms with Crippen molar-refractivity contribution in [1.29, 1.82) is 0 Å². The standard InChI is InChI=1S/C28H22Cl2N8O2/c1-14-7-18-8-16(20-11-17(29)4-6-22(20)37-13-24(30)34-36-37)10-25(39)38(18)26(14)28-32-12-21(33-28)15-3-5-19-23(9-15)40-35-27(19)31-2/h3-6,8-14,26H,7H2,1-2H3,(H,31,35)(H,32,33)/t14-,26-/m0/s1. The number of rotatable bonds is 5. The van der Waals surface area contributed by atoms with Gasteiger partial charge in [0.05, 0.1) is 35.2 Å². The largest absolute Gasteiger partial charge is 0.370 e. The number of H-pyrrole nitrogens is 1. The van der Waals surface area contributed by atoms with E-state index < -0.39 is 0 Å². The average Bonchev–Trinajstić information content (AvgIpc) is 3.73. The van der Waals surface area contributed by atoms with Gasteiger partial charge in [0.1, 0.15) is 5.82 Å². The molecular weight excluding hydrogens is 551 g/mol. The fraction of sp³-hybridized carbons (Fsp3) is 0.179. The minimum absolute atomic E-state index is 0.120. The van der Waals surface area contributed by atoms with Crippen LogP contribution in [0.15, 0.2) is 70.2 Å². The fourth-order valence-corrected chi connectivity index (χ4v) is 5.87. The molecule has 0 spiro atoms. The molecule has 2 aromatic carbocycles. The van der Waals surface area contributed by atoms with E-state index >= 15 is 0 Å². The zero-order valence-electron chi connectivity index (χ0n) is 21.4. The van der Waals surface area contributed by atoms with Crippen LogP contribution in [0.25, 0.3) is 39.0 Å². The van der Waals surface area contributed by atoms with Crippen molar-refractivity contribution in [1.82, 2.24) is 34.7 Å². The summed E-state index contributed by atoms with van der Waals surface area (Å²) in [5.74, 6) is 1.56. The van der Waals surface area contributed by atoms with Crippen LogP contribution >= 0.6 is 23.2 Å². The van der Waals surface area contributed by atoms with Gasteiger partial charge in [-0.2, -0.15) is 0 Å². The number of pyridine rings is 1. The quantitative estimate of drug-likeness (QED) is 0.269. The molecule has 0 amide bonds. The second kappa shape index (κ2) is 9.35. The molecule has 0 radical (unpaired) electrons. The van der Waals surface area contributed by atoms with E-state index in [4.69, 9.17) is 32.7 Å². The number of fused-ring (bicyclic) bond motifs is 2. The molecule has 0 saturated heterocycles. The maximum absolute atomic E-state index is 13.6.